The smallest absolute Gasteiger partial charge is 0.273 e. The zero-order valence-corrected chi connectivity index (χ0v) is 18.3. The molecule has 2 aromatic carbocycles. The third-order valence-electron chi connectivity index (χ3n) is 5.13. The van der Waals surface area contributed by atoms with Gasteiger partial charge in [-0.3, -0.25) is 9.69 Å². The molecule has 1 N–H and O–H groups in total. The molecule has 0 aliphatic carbocycles. The second-order valence-corrected chi connectivity index (χ2v) is 8.21. The lowest BCUT2D eigenvalue weighted by atomic mass is 10.1. The van der Waals surface area contributed by atoms with Gasteiger partial charge in [-0.05, 0) is 30.9 Å². The molecule has 0 bridgehead atoms. The molecule has 30 heavy (non-hydrogen) atoms. The van der Waals surface area contributed by atoms with Crippen LogP contribution in [0.15, 0.2) is 65.3 Å². The summed E-state index contributed by atoms with van der Waals surface area (Å²) in [5.74, 6) is 0.733. The lowest BCUT2D eigenvalue weighted by Gasteiger charge is -2.28. The Labute approximate surface area is 179 Å². The minimum Gasteiger partial charge on any atom is -0.447 e. The van der Waals surface area contributed by atoms with E-state index in [1.807, 2.05) is 6.07 Å². The van der Waals surface area contributed by atoms with Crippen molar-refractivity contribution in [2.45, 2.75) is 46.8 Å². The SMILES string of the molecule is Cc1ccc(CN(Cc2nc(C(=O)NCC(C)C)co2)C(C)c2ccccc2)cc1. The van der Waals surface area contributed by atoms with Crippen LogP contribution in [-0.4, -0.2) is 22.3 Å². The summed E-state index contributed by atoms with van der Waals surface area (Å²) in [6, 6.07) is 19.1. The highest BCUT2D eigenvalue weighted by Gasteiger charge is 2.20. The standard InChI is InChI=1S/C25H31N3O2/c1-18(2)14-26-25(29)23-17-30-24(27-23)16-28(15-21-12-10-19(3)11-13-21)20(4)22-8-6-5-7-9-22/h5-13,17-18,20H,14-16H2,1-4H3,(H,26,29). The number of aromatic nitrogens is 1. The lowest BCUT2D eigenvalue weighted by molar-refractivity contribution is 0.0944. The Morgan fingerprint density at radius 3 is 2.40 bits per heavy atom. The van der Waals surface area contributed by atoms with Crippen LogP contribution in [0.3, 0.4) is 0 Å². The van der Waals surface area contributed by atoms with Crippen LogP contribution in [0.2, 0.25) is 0 Å². The summed E-state index contributed by atoms with van der Waals surface area (Å²) in [5.41, 5.74) is 4.02. The van der Waals surface area contributed by atoms with Crippen LogP contribution in [0.4, 0.5) is 0 Å². The van der Waals surface area contributed by atoms with Crippen LogP contribution in [0, 0.1) is 12.8 Å². The first-order valence-electron chi connectivity index (χ1n) is 10.5. The van der Waals surface area contributed by atoms with Gasteiger partial charge in [0.2, 0.25) is 5.89 Å². The van der Waals surface area contributed by atoms with Gasteiger partial charge in [0.25, 0.3) is 5.91 Å². The molecular weight excluding hydrogens is 374 g/mol. The normalized spacial score (nSPS) is 12.3. The molecule has 1 aromatic heterocycles. The maximum atomic E-state index is 12.3. The molecule has 5 heteroatoms. The first kappa shape index (κ1) is 21.8. The van der Waals surface area contributed by atoms with Gasteiger partial charge in [0.05, 0.1) is 6.54 Å². The zero-order valence-electron chi connectivity index (χ0n) is 18.3. The van der Waals surface area contributed by atoms with E-state index in [0.717, 1.165) is 6.54 Å². The molecule has 0 aliphatic rings. The fourth-order valence-electron chi connectivity index (χ4n) is 3.25. The van der Waals surface area contributed by atoms with Gasteiger partial charge in [0, 0.05) is 19.1 Å². The van der Waals surface area contributed by atoms with Crippen LogP contribution >= 0.6 is 0 Å². The molecule has 158 valence electrons. The fraction of sp³-hybridized carbons (Fsp3) is 0.360. The zero-order chi connectivity index (χ0) is 21.5. The summed E-state index contributed by atoms with van der Waals surface area (Å²) in [5, 5.41) is 2.88. The molecule has 1 amide bonds. The Kier molecular flexibility index (Phi) is 7.41. The topological polar surface area (TPSA) is 58.4 Å². The molecule has 3 rings (SSSR count). The number of carbonyl (C=O) groups excluding carboxylic acids is 1. The Balaban J connectivity index is 1.77. The van der Waals surface area contributed by atoms with Crippen molar-refractivity contribution in [1.82, 2.24) is 15.2 Å². The van der Waals surface area contributed by atoms with E-state index in [9.17, 15) is 4.79 Å². The summed E-state index contributed by atoms with van der Waals surface area (Å²) in [7, 11) is 0. The Morgan fingerprint density at radius 2 is 1.73 bits per heavy atom. The summed E-state index contributed by atoms with van der Waals surface area (Å²) >= 11 is 0. The molecular formula is C25H31N3O2. The van der Waals surface area contributed by atoms with E-state index >= 15 is 0 Å². The molecule has 0 spiro atoms. The van der Waals surface area contributed by atoms with Crippen molar-refractivity contribution in [3.05, 3.63) is 89.1 Å². The van der Waals surface area contributed by atoms with Crippen LogP contribution in [0.5, 0.6) is 0 Å². The minimum atomic E-state index is -0.195. The van der Waals surface area contributed by atoms with E-state index in [1.54, 1.807) is 0 Å². The van der Waals surface area contributed by atoms with Crippen molar-refractivity contribution in [2.24, 2.45) is 5.92 Å². The Bertz CT molecular complexity index is 933. The number of aryl methyl sites for hydroxylation is 1. The quantitative estimate of drug-likeness (QED) is 0.536. The third kappa shape index (κ3) is 6.04. The first-order valence-corrected chi connectivity index (χ1v) is 10.5. The molecule has 1 atom stereocenters. The molecule has 0 radical (unpaired) electrons. The first-order chi connectivity index (χ1) is 14.4. The predicted molar refractivity (Wildman–Crippen MR) is 119 cm³/mol. The van der Waals surface area contributed by atoms with Crippen LogP contribution in [0.25, 0.3) is 0 Å². The number of amides is 1. The summed E-state index contributed by atoms with van der Waals surface area (Å²) in [6.45, 7) is 10.3. The molecule has 5 nitrogen and oxygen atoms in total. The number of hydrogen-bond donors (Lipinski definition) is 1. The van der Waals surface area contributed by atoms with Crippen molar-refractivity contribution in [3.8, 4) is 0 Å². The minimum absolute atomic E-state index is 0.164. The maximum absolute atomic E-state index is 12.3. The molecule has 0 saturated heterocycles. The van der Waals surface area contributed by atoms with E-state index in [0.29, 0.717) is 30.6 Å². The van der Waals surface area contributed by atoms with Gasteiger partial charge in [-0.25, -0.2) is 4.98 Å². The van der Waals surface area contributed by atoms with E-state index in [-0.39, 0.29) is 11.9 Å². The van der Waals surface area contributed by atoms with Gasteiger partial charge in [-0.2, -0.15) is 0 Å². The summed E-state index contributed by atoms with van der Waals surface area (Å²) in [6.07, 6.45) is 1.45. The number of nitrogens with one attached hydrogen (secondary N) is 1. The molecule has 3 aromatic rings. The van der Waals surface area contributed by atoms with E-state index in [2.05, 4.69) is 91.4 Å². The van der Waals surface area contributed by atoms with Crippen molar-refractivity contribution in [3.63, 3.8) is 0 Å². The highest BCUT2D eigenvalue weighted by Crippen LogP contribution is 2.24. The molecule has 0 saturated carbocycles. The van der Waals surface area contributed by atoms with Gasteiger partial charge < -0.3 is 9.73 Å². The molecule has 1 unspecified atom stereocenters. The van der Waals surface area contributed by atoms with Crippen molar-refractivity contribution in [2.75, 3.05) is 6.54 Å². The summed E-state index contributed by atoms with van der Waals surface area (Å²) in [4.78, 5) is 19.0. The molecule has 1 heterocycles. The van der Waals surface area contributed by atoms with Crippen LogP contribution < -0.4 is 5.32 Å². The van der Waals surface area contributed by atoms with Crippen molar-refractivity contribution >= 4 is 5.91 Å². The molecule has 0 fully saturated rings. The predicted octanol–water partition coefficient (Wildman–Crippen LogP) is 5.13. The van der Waals surface area contributed by atoms with Crippen molar-refractivity contribution in [1.29, 1.82) is 0 Å². The van der Waals surface area contributed by atoms with Gasteiger partial charge in [-0.15, -0.1) is 0 Å². The van der Waals surface area contributed by atoms with Crippen LogP contribution in [-0.2, 0) is 13.1 Å². The Morgan fingerprint density at radius 1 is 1.03 bits per heavy atom. The lowest BCUT2D eigenvalue weighted by Crippen LogP contribution is -2.28. The van der Waals surface area contributed by atoms with Crippen LogP contribution in [0.1, 0.15) is 59.9 Å². The average molecular weight is 406 g/mol. The fourth-order valence-corrected chi connectivity index (χ4v) is 3.25. The summed E-state index contributed by atoms with van der Waals surface area (Å²) < 4.78 is 5.65. The second kappa shape index (κ2) is 10.2. The number of carbonyl (C=O) groups is 1. The number of rotatable bonds is 9. The largest absolute Gasteiger partial charge is 0.447 e. The van der Waals surface area contributed by atoms with Gasteiger partial charge in [0.15, 0.2) is 5.69 Å². The highest BCUT2D eigenvalue weighted by atomic mass is 16.3. The second-order valence-electron chi connectivity index (χ2n) is 8.21. The maximum Gasteiger partial charge on any atom is 0.273 e. The van der Waals surface area contributed by atoms with Gasteiger partial charge in [0.1, 0.15) is 6.26 Å². The average Bonchev–Trinajstić information content (AvgIpc) is 3.22. The van der Waals surface area contributed by atoms with E-state index in [1.165, 1.54) is 23.0 Å². The van der Waals surface area contributed by atoms with E-state index in [4.69, 9.17) is 4.42 Å². The third-order valence-corrected chi connectivity index (χ3v) is 5.13. The van der Waals surface area contributed by atoms with E-state index < -0.39 is 0 Å². The number of nitrogens with zero attached hydrogens (tertiary/aromatic N) is 2. The number of benzene rings is 2. The highest BCUT2D eigenvalue weighted by molar-refractivity contribution is 5.91. The van der Waals surface area contributed by atoms with Gasteiger partial charge >= 0.3 is 0 Å². The van der Waals surface area contributed by atoms with Crippen molar-refractivity contribution < 1.29 is 9.21 Å². The molecule has 0 aliphatic heterocycles. The monoisotopic (exact) mass is 405 g/mol. The van der Waals surface area contributed by atoms with Gasteiger partial charge in [-0.1, -0.05) is 74.0 Å². The number of hydrogen-bond acceptors (Lipinski definition) is 4. The number of oxazole rings is 1. The Hall–Kier alpha value is -2.92.